The van der Waals surface area contributed by atoms with E-state index in [9.17, 15) is 4.79 Å². The van der Waals surface area contributed by atoms with E-state index in [1.54, 1.807) is 0 Å². The van der Waals surface area contributed by atoms with Gasteiger partial charge in [0.15, 0.2) is 0 Å². The highest BCUT2D eigenvalue weighted by Crippen LogP contribution is 2.44. The maximum atomic E-state index is 13.4. The highest BCUT2D eigenvalue weighted by molar-refractivity contribution is 6.31. The number of halogens is 1. The first-order chi connectivity index (χ1) is 15.1. The summed E-state index contributed by atoms with van der Waals surface area (Å²) in [6.07, 6.45) is 0.769. The van der Waals surface area contributed by atoms with Crippen molar-refractivity contribution in [1.29, 1.82) is 0 Å². The largest absolute Gasteiger partial charge is 0.326 e. The summed E-state index contributed by atoms with van der Waals surface area (Å²) in [6.45, 7) is 2.65. The molecule has 1 aromatic heterocycles. The third-order valence-corrected chi connectivity index (χ3v) is 6.22. The van der Waals surface area contributed by atoms with E-state index in [0.717, 1.165) is 28.8 Å². The van der Waals surface area contributed by atoms with E-state index in [2.05, 4.69) is 41.4 Å². The zero-order valence-corrected chi connectivity index (χ0v) is 17.9. The van der Waals surface area contributed by atoms with E-state index in [1.165, 1.54) is 11.1 Å². The summed E-state index contributed by atoms with van der Waals surface area (Å²) in [5, 5.41) is 8.19. The van der Waals surface area contributed by atoms with Crippen molar-refractivity contribution in [2.45, 2.75) is 19.4 Å². The minimum absolute atomic E-state index is 0.0401. The number of rotatable bonds is 5. The summed E-state index contributed by atoms with van der Waals surface area (Å²) < 4.78 is 0. The Morgan fingerprint density at radius 2 is 1.68 bits per heavy atom. The Hall–Kier alpha value is -3.37. The number of carbonyl (C=O) groups excluding carboxylic acids is 1. The average Bonchev–Trinajstić information content (AvgIpc) is 3.33. The fourth-order valence-corrected chi connectivity index (χ4v) is 4.51. The molecule has 0 saturated carbocycles. The lowest BCUT2D eigenvalue weighted by Crippen LogP contribution is -2.31. The molecular formula is C26H22ClN3O. The Bertz CT molecular complexity index is 1230. The summed E-state index contributed by atoms with van der Waals surface area (Å²) in [5.74, 6) is -0.0401. The summed E-state index contributed by atoms with van der Waals surface area (Å²) in [4.78, 5) is 15.3. The molecule has 5 rings (SSSR count). The molecule has 0 bridgehead atoms. The van der Waals surface area contributed by atoms with Crippen molar-refractivity contribution in [2.24, 2.45) is 0 Å². The number of hydrogen-bond donors (Lipinski definition) is 1. The second-order valence-corrected chi connectivity index (χ2v) is 8.29. The van der Waals surface area contributed by atoms with Gasteiger partial charge in [-0.3, -0.25) is 9.89 Å². The number of aryl methyl sites for hydroxylation is 1. The van der Waals surface area contributed by atoms with Crippen LogP contribution in [0.15, 0.2) is 78.9 Å². The molecule has 0 saturated heterocycles. The molecule has 0 spiro atoms. The van der Waals surface area contributed by atoms with Gasteiger partial charge in [0.25, 0.3) is 5.91 Å². The Kier molecular flexibility index (Phi) is 5.08. The highest BCUT2D eigenvalue weighted by Gasteiger charge is 2.42. The summed E-state index contributed by atoms with van der Waals surface area (Å²) in [7, 11) is 0. The molecule has 4 nitrogen and oxygen atoms in total. The number of aromatic nitrogens is 2. The zero-order chi connectivity index (χ0) is 21.4. The fraction of sp³-hybridized carbons (Fsp3) is 0.154. The van der Waals surface area contributed by atoms with Gasteiger partial charge < -0.3 is 4.90 Å². The lowest BCUT2D eigenvalue weighted by Gasteiger charge is -2.27. The Labute approximate surface area is 186 Å². The van der Waals surface area contributed by atoms with Gasteiger partial charge >= 0.3 is 0 Å². The number of fused-ring (bicyclic) bond motifs is 1. The predicted molar refractivity (Wildman–Crippen MR) is 123 cm³/mol. The minimum Gasteiger partial charge on any atom is -0.326 e. The number of aromatic amines is 1. The van der Waals surface area contributed by atoms with Crippen molar-refractivity contribution in [1.82, 2.24) is 15.1 Å². The molecule has 1 aliphatic heterocycles. The van der Waals surface area contributed by atoms with Crippen LogP contribution in [-0.2, 0) is 6.42 Å². The average molecular weight is 428 g/mol. The van der Waals surface area contributed by atoms with Crippen molar-refractivity contribution in [2.75, 3.05) is 6.54 Å². The van der Waals surface area contributed by atoms with Gasteiger partial charge in [-0.2, -0.15) is 5.10 Å². The summed E-state index contributed by atoms with van der Waals surface area (Å²) >= 11 is 6.62. The first-order valence-electron chi connectivity index (χ1n) is 10.4. The van der Waals surface area contributed by atoms with E-state index in [4.69, 9.17) is 11.6 Å². The van der Waals surface area contributed by atoms with Crippen molar-refractivity contribution in [3.8, 4) is 11.3 Å². The molecule has 1 atom stereocenters. The third kappa shape index (κ3) is 3.53. The van der Waals surface area contributed by atoms with Gasteiger partial charge in [-0.25, -0.2) is 0 Å². The van der Waals surface area contributed by atoms with Gasteiger partial charge in [-0.1, -0.05) is 90.0 Å². The van der Waals surface area contributed by atoms with Crippen molar-refractivity contribution in [3.05, 3.63) is 112 Å². The van der Waals surface area contributed by atoms with Crippen LogP contribution in [0.4, 0.5) is 0 Å². The van der Waals surface area contributed by atoms with Gasteiger partial charge in [0.2, 0.25) is 0 Å². The number of carbonyl (C=O) groups is 1. The van der Waals surface area contributed by atoms with E-state index in [1.807, 2.05) is 59.5 Å². The summed E-state index contributed by atoms with van der Waals surface area (Å²) in [6, 6.07) is 25.9. The molecule has 31 heavy (non-hydrogen) atoms. The number of H-pyrrole nitrogens is 1. The first kappa shape index (κ1) is 19.6. The maximum absolute atomic E-state index is 13.4. The molecule has 1 amide bonds. The molecule has 2 heterocycles. The normalized spacial score (nSPS) is 15.4. The van der Waals surface area contributed by atoms with Gasteiger partial charge in [-0.15, -0.1) is 0 Å². The third-order valence-electron chi connectivity index (χ3n) is 5.87. The van der Waals surface area contributed by atoms with Crippen LogP contribution in [0.5, 0.6) is 0 Å². The predicted octanol–water partition coefficient (Wildman–Crippen LogP) is 5.83. The SMILES string of the molecule is Cc1ccc(-c2n[nH]c3c2C(c2ccccc2Cl)N(CCc2ccccc2)C3=O)cc1. The van der Waals surface area contributed by atoms with Crippen LogP contribution in [0.2, 0.25) is 5.02 Å². The number of benzene rings is 3. The molecule has 3 aromatic carbocycles. The molecule has 0 fully saturated rings. The molecule has 1 aliphatic rings. The van der Waals surface area contributed by atoms with Crippen molar-refractivity contribution >= 4 is 17.5 Å². The van der Waals surface area contributed by atoms with Crippen LogP contribution in [0.25, 0.3) is 11.3 Å². The second kappa shape index (κ2) is 8.05. The quantitative estimate of drug-likeness (QED) is 0.435. The monoisotopic (exact) mass is 427 g/mol. The van der Waals surface area contributed by atoms with Gasteiger partial charge in [0, 0.05) is 22.7 Å². The lowest BCUT2D eigenvalue weighted by molar-refractivity contribution is 0.0746. The smallest absolute Gasteiger partial charge is 0.273 e. The van der Waals surface area contributed by atoms with Crippen LogP contribution >= 0.6 is 11.6 Å². The topological polar surface area (TPSA) is 49.0 Å². The molecule has 0 aliphatic carbocycles. The highest BCUT2D eigenvalue weighted by atomic mass is 35.5. The molecule has 1 N–H and O–H groups in total. The van der Waals surface area contributed by atoms with Crippen molar-refractivity contribution < 1.29 is 4.79 Å². The fourth-order valence-electron chi connectivity index (χ4n) is 4.27. The Balaban J connectivity index is 1.59. The van der Waals surface area contributed by atoms with Crippen LogP contribution in [-0.4, -0.2) is 27.5 Å². The number of hydrogen-bond acceptors (Lipinski definition) is 2. The van der Waals surface area contributed by atoms with Crippen LogP contribution < -0.4 is 0 Å². The number of amides is 1. The van der Waals surface area contributed by atoms with Crippen molar-refractivity contribution in [3.63, 3.8) is 0 Å². The number of nitrogens with one attached hydrogen (secondary N) is 1. The molecule has 0 radical (unpaired) electrons. The van der Waals surface area contributed by atoms with Crippen LogP contribution in [0.1, 0.15) is 38.8 Å². The molecule has 1 unspecified atom stereocenters. The van der Waals surface area contributed by atoms with E-state index in [-0.39, 0.29) is 11.9 Å². The van der Waals surface area contributed by atoms with Gasteiger partial charge in [0.05, 0.1) is 11.7 Å². The van der Waals surface area contributed by atoms with E-state index in [0.29, 0.717) is 17.3 Å². The standard InChI is InChI=1S/C26H22ClN3O/c1-17-11-13-19(14-12-17)23-22-24(29-28-23)26(31)30(16-15-18-7-3-2-4-8-18)25(22)20-9-5-6-10-21(20)27/h2-14,25H,15-16H2,1H3,(H,28,29). The Morgan fingerprint density at radius 3 is 2.42 bits per heavy atom. The molecule has 4 aromatic rings. The van der Waals surface area contributed by atoms with Gasteiger partial charge in [-0.05, 0) is 30.5 Å². The first-order valence-corrected chi connectivity index (χ1v) is 10.8. The summed E-state index contributed by atoms with van der Waals surface area (Å²) in [5.41, 5.74) is 6.52. The molecular weight excluding hydrogens is 406 g/mol. The molecule has 154 valence electrons. The minimum atomic E-state index is -0.282. The van der Waals surface area contributed by atoms with Crippen LogP contribution in [0, 0.1) is 6.92 Å². The van der Waals surface area contributed by atoms with Gasteiger partial charge in [0.1, 0.15) is 5.69 Å². The van der Waals surface area contributed by atoms with E-state index >= 15 is 0 Å². The molecule has 5 heteroatoms. The number of nitrogens with zero attached hydrogens (tertiary/aromatic N) is 2. The van der Waals surface area contributed by atoms with Crippen LogP contribution in [0.3, 0.4) is 0 Å². The zero-order valence-electron chi connectivity index (χ0n) is 17.2. The second-order valence-electron chi connectivity index (χ2n) is 7.89. The van der Waals surface area contributed by atoms with E-state index < -0.39 is 0 Å². The maximum Gasteiger partial charge on any atom is 0.273 e. The Morgan fingerprint density at radius 1 is 0.968 bits per heavy atom. The lowest BCUT2D eigenvalue weighted by atomic mass is 9.95.